The van der Waals surface area contributed by atoms with E-state index in [-0.39, 0.29) is 25.9 Å². The van der Waals surface area contributed by atoms with Gasteiger partial charge in [-0.2, -0.15) is 0 Å². The lowest BCUT2D eigenvalue weighted by Crippen LogP contribution is -2.61. The lowest BCUT2D eigenvalue weighted by atomic mass is 9.98. The fourth-order valence-corrected chi connectivity index (χ4v) is 12.0. The Kier molecular flexibility index (Phi) is 58.8. The van der Waals surface area contributed by atoms with Crippen LogP contribution in [0.1, 0.15) is 393 Å². The molecule has 6 unspecified atom stereocenters. The Morgan fingerprint density at radius 2 is 0.600 bits per heavy atom. The van der Waals surface area contributed by atoms with Gasteiger partial charge in [0.05, 0.1) is 6.61 Å². The lowest BCUT2D eigenvalue weighted by Gasteiger charge is -2.40. The number of carboxylic acid groups (broad SMARTS) is 1. The van der Waals surface area contributed by atoms with Crippen LogP contribution in [0.5, 0.6) is 0 Å². The van der Waals surface area contributed by atoms with E-state index >= 15 is 0 Å². The zero-order valence-corrected chi connectivity index (χ0v) is 55.9. The van der Waals surface area contributed by atoms with E-state index in [1.54, 1.807) is 0 Å². The monoisotopic (exact) mass is 1210 g/mol. The minimum atomic E-state index is -1.90. The first-order valence-electron chi connectivity index (χ1n) is 37.0. The molecule has 1 aliphatic heterocycles. The molecule has 502 valence electrons. The molecule has 0 bridgehead atoms. The fraction of sp³-hybridized carbons (Fsp3) is 0.945. The van der Waals surface area contributed by atoms with Gasteiger partial charge in [-0.25, -0.2) is 4.79 Å². The highest BCUT2D eigenvalue weighted by Crippen LogP contribution is 2.27. The summed E-state index contributed by atoms with van der Waals surface area (Å²) in [5, 5.41) is 31.7. The Labute approximate surface area is 523 Å². The molecule has 3 N–H and O–H groups in total. The summed E-state index contributed by atoms with van der Waals surface area (Å²) in [5.41, 5.74) is 0. The molecule has 0 amide bonds. The number of carboxylic acids is 1. The summed E-state index contributed by atoms with van der Waals surface area (Å²) in [6, 6.07) is 0. The van der Waals surface area contributed by atoms with Crippen LogP contribution in [0, 0.1) is 0 Å². The Morgan fingerprint density at radius 1 is 0.341 bits per heavy atom. The molecule has 1 rings (SSSR count). The maximum Gasteiger partial charge on any atom is 0.335 e. The van der Waals surface area contributed by atoms with Crippen LogP contribution in [0.25, 0.3) is 0 Å². The van der Waals surface area contributed by atoms with Crippen molar-refractivity contribution in [2.24, 2.45) is 0 Å². The van der Waals surface area contributed by atoms with Gasteiger partial charge in [-0.3, -0.25) is 14.4 Å². The quantitative estimate of drug-likeness (QED) is 0.0299. The number of hydrogen-bond donors (Lipinski definition) is 3. The van der Waals surface area contributed by atoms with Gasteiger partial charge in [-0.1, -0.05) is 355 Å². The SMILES string of the molecule is CCCCCCCCCCCCCCCCCCCCCC(=O)OCC(COC1OC(C(=O)O)C(O)C(O)C1OC(=O)CCCCCCCCCCCCCCCCCCCCC)OC(=O)CCCCCCCCCCCCCCCCCCC. The molecule has 0 saturated carbocycles. The van der Waals surface area contributed by atoms with Crippen molar-refractivity contribution in [2.75, 3.05) is 13.2 Å². The predicted octanol–water partition coefficient (Wildman–Crippen LogP) is 20.6. The summed E-state index contributed by atoms with van der Waals surface area (Å²) in [7, 11) is 0. The van der Waals surface area contributed by atoms with Gasteiger partial charge < -0.3 is 39.0 Å². The third-order valence-electron chi connectivity index (χ3n) is 17.7. The van der Waals surface area contributed by atoms with Crippen molar-refractivity contribution in [2.45, 2.75) is 430 Å². The van der Waals surface area contributed by atoms with Gasteiger partial charge in [0.2, 0.25) is 0 Å². The van der Waals surface area contributed by atoms with Crippen molar-refractivity contribution in [1.29, 1.82) is 0 Å². The van der Waals surface area contributed by atoms with Gasteiger partial charge >= 0.3 is 23.9 Å². The van der Waals surface area contributed by atoms with Crippen molar-refractivity contribution in [3.05, 3.63) is 0 Å². The first-order chi connectivity index (χ1) is 41.6. The molecule has 0 radical (unpaired) electrons. The highest BCUT2D eigenvalue weighted by molar-refractivity contribution is 5.74. The zero-order valence-electron chi connectivity index (χ0n) is 55.9. The summed E-state index contributed by atoms with van der Waals surface area (Å²) in [6.45, 7) is 6.11. The smallest absolute Gasteiger partial charge is 0.335 e. The summed E-state index contributed by atoms with van der Waals surface area (Å²) in [4.78, 5) is 51.5. The van der Waals surface area contributed by atoms with Crippen molar-refractivity contribution < 1.29 is 58.2 Å². The van der Waals surface area contributed by atoms with Crippen molar-refractivity contribution in [1.82, 2.24) is 0 Å². The van der Waals surface area contributed by atoms with Gasteiger partial charge in [0.15, 0.2) is 24.6 Å². The first kappa shape index (κ1) is 80.7. The van der Waals surface area contributed by atoms with E-state index in [9.17, 15) is 34.5 Å². The molecule has 1 saturated heterocycles. The van der Waals surface area contributed by atoms with E-state index < -0.39 is 67.3 Å². The van der Waals surface area contributed by atoms with Crippen molar-refractivity contribution in [3.8, 4) is 0 Å². The van der Waals surface area contributed by atoms with E-state index in [4.69, 9.17) is 23.7 Å². The second-order valence-electron chi connectivity index (χ2n) is 26.0. The second kappa shape index (κ2) is 61.9. The summed E-state index contributed by atoms with van der Waals surface area (Å²) >= 11 is 0. The second-order valence-corrected chi connectivity index (χ2v) is 26.0. The highest BCUT2D eigenvalue weighted by atomic mass is 16.7. The van der Waals surface area contributed by atoms with E-state index in [0.29, 0.717) is 19.3 Å². The summed E-state index contributed by atoms with van der Waals surface area (Å²) in [5.74, 6) is -3.05. The standard InChI is InChI=1S/C73H138O12/c1-4-7-10-13-16-19-22-25-28-31-33-36-38-41-44-47-50-53-56-59-65(74)81-62-64(83-66(75)60-57-54-51-48-45-42-39-35-30-27-24-21-18-15-12-9-6-3)63-82-73-71(69(78)68(77)70(85-73)72(79)80)84-67(76)61-58-55-52-49-46-43-40-37-34-32-29-26-23-20-17-14-11-8-5-2/h64,68-71,73,77-78H,4-63H2,1-3H3,(H,79,80). The number of aliphatic carboxylic acids is 1. The molecule has 1 aliphatic rings. The summed E-state index contributed by atoms with van der Waals surface area (Å²) in [6.07, 6.45) is 59.1. The van der Waals surface area contributed by atoms with E-state index in [0.717, 1.165) is 57.8 Å². The Balaban J connectivity index is 2.58. The van der Waals surface area contributed by atoms with Crippen LogP contribution >= 0.6 is 0 Å². The Morgan fingerprint density at radius 3 is 0.882 bits per heavy atom. The van der Waals surface area contributed by atoms with Crippen molar-refractivity contribution in [3.63, 3.8) is 0 Å². The number of aliphatic hydroxyl groups excluding tert-OH is 2. The number of rotatable bonds is 66. The number of aliphatic hydroxyl groups is 2. The number of ether oxygens (including phenoxy) is 5. The van der Waals surface area contributed by atoms with Crippen LogP contribution in [0.2, 0.25) is 0 Å². The predicted molar refractivity (Wildman–Crippen MR) is 350 cm³/mol. The van der Waals surface area contributed by atoms with Crippen LogP contribution < -0.4 is 0 Å². The third-order valence-corrected chi connectivity index (χ3v) is 17.7. The number of hydrogen-bond acceptors (Lipinski definition) is 11. The van der Waals surface area contributed by atoms with Gasteiger partial charge in [0.25, 0.3) is 0 Å². The minimum Gasteiger partial charge on any atom is -0.479 e. The average Bonchev–Trinajstić information content (AvgIpc) is 3.51. The Bertz CT molecular complexity index is 1480. The molecule has 0 aliphatic carbocycles. The first-order valence-corrected chi connectivity index (χ1v) is 37.0. The molecular weight excluding hydrogens is 1070 g/mol. The number of unbranched alkanes of at least 4 members (excludes halogenated alkanes) is 52. The molecule has 0 spiro atoms. The van der Waals surface area contributed by atoms with Crippen LogP contribution in [0.4, 0.5) is 0 Å². The molecule has 1 fully saturated rings. The largest absolute Gasteiger partial charge is 0.479 e. The number of carbonyl (C=O) groups is 4. The van der Waals surface area contributed by atoms with E-state index in [1.165, 1.54) is 276 Å². The summed E-state index contributed by atoms with van der Waals surface area (Å²) < 4.78 is 28.7. The van der Waals surface area contributed by atoms with Gasteiger partial charge in [-0.15, -0.1) is 0 Å². The van der Waals surface area contributed by atoms with Crippen LogP contribution in [-0.2, 0) is 42.9 Å². The number of carbonyl (C=O) groups excluding carboxylic acids is 3. The van der Waals surface area contributed by atoms with Gasteiger partial charge in [-0.05, 0) is 19.3 Å². The van der Waals surface area contributed by atoms with E-state index in [2.05, 4.69) is 20.8 Å². The normalized spacial score (nSPS) is 17.3. The van der Waals surface area contributed by atoms with Crippen LogP contribution in [0.3, 0.4) is 0 Å². The van der Waals surface area contributed by atoms with Gasteiger partial charge in [0, 0.05) is 19.3 Å². The lowest BCUT2D eigenvalue weighted by molar-refractivity contribution is -0.301. The molecule has 0 aromatic heterocycles. The maximum absolute atomic E-state index is 13.3. The van der Waals surface area contributed by atoms with Crippen molar-refractivity contribution >= 4 is 23.9 Å². The molecule has 0 aromatic carbocycles. The molecule has 12 heteroatoms. The third kappa shape index (κ3) is 51.2. The highest BCUT2D eigenvalue weighted by Gasteiger charge is 2.50. The molecule has 6 atom stereocenters. The Hall–Kier alpha value is -2.28. The molecule has 1 heterocycles. The molecule has 85 heavy (non-hydrogen) atoms. The van der Waals surface area contributed by atoms with E-state index in [1.807, 2.05) is 0 Å². The zero-order chi connectivity index (χ0) is 61.7. The minimum absolute atomic E-state index is 0.0718. The maximum atomic E-state index is 13.3. The molecular formula is C73H138O12. The molecule has 0 aromatic rings. The molecule has 12 nitrogen and oxygen atoms in total. The average molecular weight is 1210 g/mol. The topological polar surface area (TPSA) is 175 Å². The fourth-order valence-electron chi connectivity index (χ4n) is 12.0. The van der Waals surface area contributed by atoms with Crippen LogP contribution in [-0.4, -0.2) is 89.2 Å². The number of esters is 3. The van der Waals surface area contributed by atoms with Crippen LogP contribution in [0.15, 0.2) is 0 Å². The van der Waals surface area contributed by atoms with Gasteiger partial charge in [0.1, 0.15) is 18.8 Å².